The van der Waals surface area contributed by atoms with Gasteiger partial charge in [-0.05, 0) is 42.9 Å². The number of methoxy groups -OCH3 is 1. The van der Waals surface area contributed by atoms with Crippen molar-refractivity contribution < 1.29 is 4.74 Å². The topological polar surface area (TPSA) is 47.3 Å². The predicted octanol–water partition coefficient (Wildman–Crippen LogP) is 2.32. The third-order valence-electron chi connectivity index (χ3n) is 3.78. The molecule has 1 aliphatic carbocycles. The van der Waals surface area contributed by atoms with Crippen molar-refractivity contribution in [3.05, 3.63) is 34.9 Å². The molecular weight excluding hydrogens is 224 g/mol. The number of ether oxygens (including phenoxy) is 1. The Morgan fingerprint density at radius 2 is 2.33 bits per heavy atom. The molecule has 0 bridgehead atoms. The average Bonchev–Trinajstić information content (AvgIpc) is 2.39. The molecule has 0 aliphatic heterocycles. The van der Waals surface area contributed by atoms with Gasteiger partial charge in [-0.25, -0.2) is 0 Å². The van der Waals surface area contributed by atoms with Crippen LogP contribution in [0.25, 0.3) is 0 Å². The van der Waals surface area contributed by atoms with Gasteiger partial charge in [-0.2, -0.15) is 0 Å². The Labute approximate surface area is 110 Å². The Hall–Kier alpha value is -0.900. The quantitative estimate of drug-likeness (QED) is 0.786. The summed E-state index contributed by atoms with van der Waals surface area (Å²) in [5, 5.41) is 3.46. The van der Waals surface area contributed by atoms with E-state index in [2.05, 4.69) is 30.4 Å². The molecular formula is C15H24N2O. The van der Waals surface area contributed by atoms with Gasteiger partial charge < -0.3 is 15.8 Å². The van der Waals surface area contributed by atoms with Gasteiger partial charge in [0.2, 0.25) is 0 Å². The zero-order chi connectivity index (χ0) is 13.0. The second kappa shape index (κ2) is 6.32. The lowest BCUT2D eigenvalue weighted by Crippen LogP contribution is -2.23. The maximum Gasteiger partial charge on any atom is 0.0587 e. The minimum atomic E-state index is 0.236. The van der Waals surface area contributed by atoms with Crippen LogP contribution >= 0.6 is 0 Å². The number of nitrogens with two attached hydrogens (primary N) is 1. The number of nitrogens with one attached hydrogen (secondary N) is 1. The van der Waals surface area contributed by atoms with Gasteiger partial charge in [-0.15, -0.1) is 0 Å². The normalized spacial score (nSPS) is 20.5. The molecule has 18 heavy (non-hydrogen) atoms. The van der Waals surface area contributed by atoms with E-state index in [-0.39, 0.29) is 6.04 Å². The van der Waals surface area contributed by atoms with Crippen molar-refractivity contribution in [2.75, 3.05) is 20.3 Å². The Morgan fingerprint density at radius 1 is 1.50 bits per heavy atom. The number of benzene rings is 1. The first-order valence-corrected chi connectivity index (χ1v) is 6.83. The van der Waals surface area contributed by atoms with E-state index < -0.39 is 0 Å². The summed E-state index contributed by atoms with van der Waals surface area (Å²) >= 11 is 0. The monoisotopic (exact) mass is 248 g/mol. The maximum atomic E-state index is 6.14. The fourth-order valence-electron chi connectivity index (χ4n) is 2.64. The molecule has 2 unspecified atom stereocenters. The van der Waals surface area contributed by atoms with Crippen LogP contribution in [-0.4, -0.2) is 20.3 Å². The predicted molar refractivity (Wildman–Crippen MR) is 74.6 cm³/mol. The molecule has 100 valence electrons. The lowest BCUT2D eigenvalue weighted by Gasteiger charge is -2.24. The van der Waals surface area contributed by atoms with E-state index in [9.17, 15) is 0 Å². The molecule has 0 amide bonds. The van der Waals surface area contributed by atoms with Crippen LogP contribution in [0.5, 0.6) is 0 Å². The molecule has 3 N–H and O–H groups in total. The second-order valence-corrected chi connectivity index (χ2v) is 5.13. The summed E-state index contributed by atoms with van der Waals surface area (Å²) in [5.74, 6) is 0. The summed E-state index contributed by atoms with van der Waals surface area (Å²) in [4.78, 5) is 0. The van der Waals surface area contributed by atoms with Crippen LogP contribution in [0.2, 0.25) is 0 Å². The third kappa shape index (κ3) is 3.10. The van der Waals surface area contributed by atoms with Gasteiger partial charge in [0, 0.05) is 25.7 Å². The fraction of sp³-hybridized carbons (Fsp3) is 0.600. The number of fused-ring (bicyclic) bond motifs is 1. The van der Waals surface area contributed by atoms with Crippen LogP contribution in [0.3, 0.4) is 0 Å². The van der Waals surface area contributed by atoms with Gasteiger partial charge in [0.25, 0.3) is 0 Å². The van der Waals surface area contributed by atoms with Gasteiger partial charge in [-0.3, -0.25) is 0 Å². The largest absolute Gasteiger partial charge is 0.383 e. The van der Waals surface area contributed by atoms with Crippen molar-refractivity contribution in [1.82, 2.24) is 5.32 Å². The SMILES string of the molecule is COCCNC(C)c1ccc2c(c1)CCCC2N. The van der Waals surface area contributed by atoms with Gasteiger partial charge in [-0.1, -0.05) is 18.2 Å². The van der Waals surface area contributed by atoms with Gasteiger partial charge in [0.05, 0.1) is 6.61 Å². The Kier molecular flexibility index (Phi) is 4.75. The van der Waals surface area contributed by atoms with Crippen molar-refractivity contribution in [3.63, 3.8) is 0 Å². The molecule has 0 heterocycles. The molecule has 0 fully saturated rings. The molecule has 0 spiro atoms. The van der Waals surface area contributed by atoms with Gasteiger partial charge in [0.15, 0.2) is 0 Å². The van der Waals surface area contributed by atoms with Crippen molar-refractivity contribution >= 4 is 0 Å². The zero-order valence-corrected chi connectivity index (χ0v) is 11.4. The first kappa shape index (κ1) is 13.5. The molecule has 1 aromatic rings. The first-order valence-electron chi connectivity index (χ1n) is 6.83. The summed E-state index contributed by atoms with van der Waals surface area (Å²) in [5.41, 5.74) is 10.3. The van der Waals surface area contributed by atoms with Crippen LogP contribution in [0.4, 0.5) is 0 Å². The zero-order valence-electron chi connectivity index (χ0n) is 11.4. The van der Waals surface area contributed by atoms with Crippen LogP contribution in [0.15, 0.2) is 18.2 Å². The molecule has 0 saturated heterocycles. The van der Waals surface area contributed by atoms with E-state index in [1.165, 1.54) is 29.5 Å². The molecule has 3 heteroatoms. The average molecular weight is 248 g/mol. The standard InChI is InChI=1S/C15H24N2O/c1-11(17-8-9-18-2)12-6-7-14-13(10-12)4-3-5-15(14)16/h6-7,10-11,15,17H,3-5,8-9,16H2,1-2H3. The highest BCUT2D eigenvalue weighted by Gasteiger charge is 2.17. The van der Waals surface area contributed by atoms with Crippen LogP contribution in [0, 0.1) is 0 Å². The third-order valence-corrected chi connectivity index (χ3v) is 3.78. The number of rotatable bonds is 5. The van der Waals surface area contributed by atoms with E-state index in [0.29, 0.717) is 6.04 Å². The lowest BCUT2D eigenvalue weighted by molar-refractivity contribution is 0.196. The fourth-order valence-corrected chi connectivity index (χ4v) is 2.64. The van der Waals surface area contributed by atoms with Gasteiger partial charge >= 0.3 is 0 Å². The molecule has 0 radical (unpaired) electrons. The second-order valence-electron chi connectivity index (χ2n) is 5.13. The van der Waals surface area contributed by atoms with Gasteiger partial charge in [0.1, 0.15) is 0 Å². The summed E-state index contributed by atoms with van der Waals surface area (Å²) < 4.78 is 5.05. The highest BCUT2D eigenvalue weighted by atomic mass is 16.5. The van der Waals surface area contributed by atoms with Crippen LogP contribution in [0.1, 0.15) is 48.5 Å². The van der Waals surface area contributed by atoms with E-state index in [4.69, 9.17) is 10.5 Å². The Bertz CT molecular complexity index is 392. The highest BCUT2D eigenvalue weighted by molar-refractivity contribution is 5.37. The van der Waals surface area contributed by atoms with Crippen molar-refractivity contribution in [3.8, 4) is 0 Å². The van der Waals surface area contributed by atoms with Crippen molar-refractivity contribution in [1.29, 1.82) is 0 Å². The first-order chi connectivity index (χ1) is 8.72. The minimum absolute atomic E-state index is 0.236. The van der Waals surface area contributed by atoms with E-state index in [1.807, 2.05) is 0 Å². The molecule has 0 saturated carbocycles. The number of hydrogen-bond donors (Lipinski definition) is 2. The smallest absolute Gasteiger partial charge is 0.0587 e. The minimum Gasteiger partial charge on any atom is -0.383 e. The summed E-state index contributed by atoms with van der Waals surface area (Å²) in [6.07, 6.45) is 3.50. The molecule has 1 aliphatic rings. The van der Waals surface area contributed by atoms with Crippen molar-refractivity contribution in [2.24, 2.45) is 5.73 Å². The van der Waals surface area contributed by atoms with Crippen LogP contribution in [-0.2, 0) is 11.2 Å². The summed E-state index contributed by atoms with van der Waals surface area (Å²) in [6.45, 7) is 3.83. The molecule has 2 rings (SSSR count). The number of hydrogen-bond acceptors (Lipinski definition) is 3. The molecule has 3 nitrogen and oxygen atoms in total. The summed E-state index contributed by atoms with van der Waals surface area (Å²) in [6, 6.07) is 7.33. The molecule has 1 aromatic carbocycles. The number of aryl methyl sites for hydroxylation is 1. The highest BCUT2D eigenvalue weighted by Crippen LogP contribution is 2.29. The lowest BCUT2D eigenvalue weighted by atomic mass is 9.86. The van der Waals surface area contributed by atoms with Crippen molar-refractivity contribution in [2.45, 2.75) is 38.3 Å². The summed E-state index contributed by atoms with van der Waals surface area (Å²) in [7, 11) is 1.73. The Morgan fingerprint density at radius 3 is 3.11 bits per heavy atom. The molecule has 2 atom stereocenters. The maximum absolute atomic E-state index is 6.14. The van der Waals surface area contributed by atoms with Crippen LogP contribution < -0.4 is 11.1 Å². The van der Waals surface area contributed by atoms with E-state index >= 15 is 0 Å². The van der Waals surface area contributed by atoms with E-state index in [1.54, 1.807) is 7.11 Å². The Balaban J connectivity index is 2.06. The molecule has 0 aromatic heterocycles. The van der Waals surface area contributed by atoms with E-state index in [0.717, 1.165) is 19.6 Å².